The number of hydrogen-bond donors (Lipinski definition) is 1. The van der Waals surface area contributed by atoms with E-state index in [1.807, 2.05) is 0 Å². The summed E-state index contributed by atoms with van der Waals surface area (Å²) in [5.74, 6) is 2.97. The molecule has 2 aliphatic rings. The van der Waals surface area contributed by atoms with Crippen LogP contribution in [0, 0.1) is 17.7 Å². The van der Waals surface area contributed by atoms with Crippen molar-refractivity contribution in [3.05, 3.63) is 29.1 Å². The minimum absolute atomic E-state index is 0.225. The first-order valence-electron chi connectivity index (χ1n) is 10.1. The highest BCUT2D eigenvalue weighted by molar-refractivity contribution is 5.80. The van der Waals surface area contributed by atoms with Crippen LogP contribution in [0.3, 0.4) is 0 Å². The van der Waals surface area contributed by atoms with Crippen LogP contribution in [0.4, 0.5) is 4.39 Å². The minimum atomic E-state index is -0.246. The molecule has 1 aromatic carbocycles. The van der Waals surface area contributed by atoms with E-state index in [4.69, 9.17) is 14.5 Å². The van der Waals surface area contributed by atoms with Crippen LogP contribution in [-0.2, 0) is 17.8 Å². The smallest absolute Gasteiger partial charge is 0.193 e. The molecule has 5 nitrogen and oxygen atoms in total. The molecule has 2 aliphatic heterocycles. The number of likely N-dealkylation sites (tertiary alicyclic amines) is 1. The predicted molar refractivity (Wildman–Crippen MR) is 106 cm³/mol. The van der Waals surface area contributed by atoms with Gasteiger partial charge >= 0.3 is 0 Å². The third kappa shape index (κ3) is 5.34. The van der Waals surface area contributed by atoms with Crippen LogP contribution in [0.2, 0.25) is 0 Å². The molecule has 1 saturated heterocycles. The van der Waals surface area contributed by atoms with Crippen molar-refractivity contribution in [2.75, 3.05) is 33.0 Å². The second-order valence-corrected chi connectivity index (χ2v) is 7.88. The van der Waals surface area contributed by atoms with Crippen molar-refractivity contribution in [2.45, 2.75) is 46.6 Å². The normalized spacial score (nSPS) is 20.0. The number of rotatable bonds is 6. The lowest BCUT2D eigenvalue weighted by Crippen LogP contribution is -2.40. The quantitative estimate of drug-likeness (QED) is 0.608. The molecule has 0 spiro atoms. The molecular formula is C21H32FN3O2. The number of ether oxygens (including phenoxy) is 2. The molecule has 3 rings (SSSR count). The number of hydrogen-bond acceptors (Lipinski definition) is 3. The summed E-state index contributed by atoms with van der Waals surface area (Å²) in [6.45, 7) is 10.9. The Kier molecular flexibility index (Phi) is 6.94. The van der Waals surface area contributed by atoms with Crippen molar-refractivity contribution in [2.24, 2.45) is 16.8 Å². The van der Waals surface area contributed by atoms with Gasteiger partial charge < -0.3 is 19.7 Å². The number of benzene rings is 1. The van der Waals surface area contributed by atoms with E-state index in [2.05, 4.69) is 31.0 Å². The Morgan fingerprint density at radius 2 is 2.26 bits per heavy atom. The van der Waals surface area contributed by atoms with Crippen LogP contribution in [0.1, 0.15) is 44.7 Å². The zero-order valence-electron chi connectivity index (χ0n) is 16.8. The van der Waals surface area contributed by atoms with Crippen LogP contribution in [0.15, 0.2) is 17.1 Å². The zero-order chi connectivity index (χ0) is 19.2. The molecule has 1 aromatic rings. The summed E-state index contributed by atoms with van der Waals surface area (Å²) < 4.78 is 24.7. The molecule has 6 heteroatoms. The minimum Gasteiger partial charge on any atom is -0.467 e. The van der Waals surface area contributed by atoms with Gasteiger partial charge in [-0.1, -0.05) is 13.8 Å². The summed E-state index contributed by atoms with van der Waals surface area (Å²) in [5.41, 5.74) is 1.65. The van der Waals surface area contributed by atoms with Crippen molar-refractivity contribution < 1.29 is 13.9 Å². The van der Waals surface area contributed by atoms with E-state index in [9.17, 15) is 4.39 Å². The molecule has 0 saturated carbocycles. The van der Waals surface area contributed by atoms with Gasteiger partial charge in [0.1, 0.15) is 11.6 Å². The van der Waals surface area contributed by atoms with E-state index in [0.29, 0.717) is 19.6 Å². The van der Waals surface area contributed by atoms with Crippen LogP contribution < -0.4 is 10.1 Å². The van der Waals surface area contributed by atoms with Crippen LogP contribution in [0.25, 0.3) is 0 Å². The Labute approximate surface area is 161 Å². The fourth-order valence-electron chi connectivity index (χ4n) is 4.03. The lowest BCUT2D eigenvalue weighted by Gasteiger charge is -2.23. The molecule has 0 aromatic heterocycles. The fourth-order valence-corrected chi connectivity index (χ4v) is 4.03. The van der Waals surface area contributed by atoms with E-state index in [1.165, 1.54) is 18.9 Å². The molecule has 0 bridgehead atoms. The lowest BCUT2D eigenvalue weighted by atomic mass is 9.97. The van der Waals surface area contributed by atoms with Gasteiger partial charge in [0.25, 0.3) is 0 Å². The molecule has 2 heterocycles. The Bertz CT molecular complexity index is 663. The van der Waals surface area contributed by atoms with Crippen molar-refractivity contribution >= 4 is 5.96 Å². The SMILES string of the molecule is CCNC(=NCCc1cc(F)cc2c1OCOC2)N1CCC(CC(C)C)C1. The summed E-state index contributed by atoms with van der Waals surface area (Å²) in [4.78, 5) is 7.17. The first-order valence-corrected chi connectivity index (χ1v) is 10.1. The lowest BCUT2D eigenvalue weighted by molar-refractivity contribution is -0.0172. The molecule has 1 atom stereocenters. The van der Waals surface area contributed by atoms with E-state index in [-0.39, 0.29) is 12.6 Å². The van der Waals surface area contributed by atoms with Crippen molar-refractivity contribution in [1.29, 1.82) is 0 Å². The number of halogens is 1. The highest BCUT2D eigenvalue weighted by Gasteiger charge is 2.25. The Morgan fingerprint density at radius 1 is 1.41 bits per heavy atom. The molecular weight excluding hydrogens is 345 g/mol. The molecule has 27 heavy (non-hydrogen) atoms. The van der Waals surface area contributed by atoms with Gasteiger partial charge in [0.05, 0.1) is 6.61 Å². The van der Waals surface area contributed by atoms with Gasteiger partial charge in [-0.25, -0.2) is 4.39 Å². The summed E-state index contributed by atoms with van der Waals surface area (Å²) in [7, 11) is 0. The van der Waals surface area contributed by atoms with Crippen molar-refractivity contribution in [3.63, 3.8) is 0 Å². The van der Waals surface area contributed by atoms with Gasteiger partial charge in [0.2, 0.25) is 0 Å². The summed E-state index contributed by atoms with van der Waals surface area (Å²) in [6, 6.07) is 3.05. The maximum absolute atomic E-state index is 13.9. The largest absolute Gasteiger partial charge is 0.467 e. The number of fused-ring (bicyclic) bond motifs is 1. The topological polar surface area (TPSA) is 46.1 Å². The predicted octanol–water partition coefficient (Wildman–Crippen LogP) is 3.57. The maximum Gasteiger partial charge on any atom is 0.193 e. The maximum atomic E-state index is 13.9. The molecule has 0 amide bonds. The molecule has 150 valence electrons. The molecule has 0 aliphatic carbocycles. The second kappa shape index (κ2) is 9.40. The molecule has 1 N–H and O–H groups in total. The highest BCUT2D eigenvalue weighted by Crippen LogP contribution is 2.30. The van der Waals surface area contributed by atoms with Crippen molar-refractivity contribution in [1.82, 2.24) is 10.2 Å². The molecule has 1 unspecified atom stereocenters. The zero-order valence-corrected chi connectivity index (χ0v) is 16.8. The average molecular weight is 378 g/mol. The molecule has 1 fully saturated rings. The van der Waals surface area contributed by atoms with Crippen molar-refractivity contribution in [3.8, 4) is 5.75 Å². The average Bonchev–Trinajstić information content (AvgIpc) is 3.08. The van der Waals surface area contributed by atoms with Gasteiger partial charge in [-0.05, 0) is 55.7 Å². The van der Waals surface area contributed by atoms with Gasteiger partial charge in [-0.3, -0.25) is 4.99 Å². The Morgan fingerprint density at radius 3 is 3.04 bits per heavy atom. The summed E-state index contributed by atoms with van der Waals surface area (Å²) >= 11 is 0. The molecule has 0 radical (unpaired) electrons. The Balaban J connectivity index is 1.64. The van der Waals surface area contributed by atoms with E-state index in [0.717, 1.165) is 54.3 Å². The van der Waals surface area contributed by atoms with Gasteiger partial charge in [-0.15, -0.1) is 0 Å². The second-order valence-electron chi connectivity index (χ2n) is 7.88. The third-order valence-corrected chi connectivity index (χ3v) is 5.12. The number of nitrogens with one attached hydrogen (secondary N) is 1. The van der Waals surface area contributed by atoms with Gasteiger partial charge in [-0.2, -0.15) is 0 Å². The monoisotopic (exact) mass is 377 g/mol. The number of nitrogens with zero attached hydrogens (tertiary/aromatic N) is 2. The van der Waals surface area contributed by atoms with E-state index < -0.39 is 0 Å². The Hall–Kier alpha value is -1.82. The highest BCUT2D eigenvalue weighted by atomic mass is 19.1. The van der Waals surface area contributed by atoms with Gasteiger partial charge in [0.15, 0.2) is 12.8 Å². The van der Waals surface area contributed by atoms with Crippen LogP contribution in [-0.4, -0.2) is 43.8 Å². The number of guanidine groups is 1. The van der Waals surface area contributed by atoms with Crippen LogP contribution in [0.5, 0.6) is 5.75 Å². The first kappa shape index (κ1) is 19.9. The summed E-state index contributed by atoms with van der Waals surface area (Å²) in [6.07, 6.45) is 3.15. The fraction of sp³-hybridized carbons (Fsp3) is 0.667. The van der Waals surface area contributed by atoms with Crippen LogP contribution >= 0.6 is 0 Å². The van der Waals surface area contributed by atoms with E-state index in [1.54, 1.807) is 6.07 Å². The van der Waals surface area contributed by atoms with E-state index >= 15 is 0 Å². The third-order valence-electron chi connectivity index (χ3n) is 5.12. The number of aliphatic imine (C=N–C) groups is 1. The van der Waals surface area contributed by atoms with Gasteiger partial charge in [0, 0.05) is 31.7 Å². The standard InChI is InChI=1S/C21H32FN3O2/c1-4-23-21(25-8-6-16(12-25)9-15(2)3)24-7-5-17-10-19(22)11-18-13-26-14-27-20(17)18/h10-11,15-16H,4-9,12-14H2,1-3H3,(H,23,24). The first-order chi connectivity index (χ1) is 13.1. The summed E-state index contributed by atoms with van der Waals surface area (Å²) in [5, 5.41) is 3.41.